The average molecular weight is 280 g/mol. The Hall–Kier alpha value is -0.0800. The van der Waals surface area contributed by atoms with Crippen LogP contribution in [-0.2, 0) is 9.09 Å². The fourth-order valence-corrected chi connectivity index (χ4v) is 3.96. The second kappa shape index (κ2) is 8.10. The number of hydrogen-bond acceptors (Lipinski definition) is 2. The first-order chi connectivity index (χ1) is 7.98. The third-order valence-electron chi connectivity index (χ3n) is 2.70. The summed E-state index contributed by atoms with van der Waals surface area (Å²) in [6, 6.07) is 0. The maximum absolute atomic E-state index is 12.6. The highest BCUT2D eigenvalue weighted by Crippen LogP contribution is 2.53. The Kier molecular flexibility index (Phi) is 8.06. The molecule has 3 nitrogen and oxygen atoms in total. The Balaban J connectivity index is 5.27. The van der Waals surface area contributed by atoms with Crippen molar-refractivity contribution in [2.75, 3.05) is 20.2 Å². The molecular weight excluding hydrogens is 257 g/mol. The number of hydrogen-bond donors (Lipinski definition) is 0. The van der Waals surface area contributed by atoms with Crippen molar-refractivity contribution in [2.45, 2.75) is 34.1 Å². The number of nitrogens with zero attached hydrogens (tertiary/aromatic N) is 1. The minimum absolute atomic E-state index is 0.520. The molecule has 1 atom stereocenters. The van der Waals surface area contributed by atoms with Gasteiger partial charge in [-0.1, -0.05) is 38.4 Å². The van der Waals surface area contributed by atoms with E-state index in [1.165, 1.54) is 7.11 Å². The van der Waals surface area contributed by atoms with Crippen LogP contribution >= 0.6 is 19.1 Å². The summed E-state index contributed by atoms with van der Waals surface area (Å²) in [6.45, 7) is 9.17. The van der Waals surface area contributed by atoms with Crippen molar-refractivity contribution < 1.29 is 9.09 Å². The smallest absolute Gasteiger partial charge is 0.296 e. The monoisotopic (exact) mass is 279 g/mol. The molecule has 0 rings (SSSR count). The average Bonchev–Trinajstić information content (AvgIpc) is 2.32. The number of allylic oxidation sites excluding steroid dienone is 3. The Morgan fingerprint density at radius 1 is 1.35 bits per heavy atom. The van der Waals surface area contributed by atoms with Gasteiger partial charge in [-0.25, -0.2) is 4.67 Å². The van der Waals surface area contributed by atoms with E-state index < -0.39 is 7.52 Å². The standard InChI is InChI=1S/C12H23ClNO2P/c1-6-11(7-2)12(13)10-17(15,16-5)14(8-3)9-4/h6,10H,7-9H2,1-5H3/b11-6-,12-10-. The summed E-state index contributed by atoms with van der Waals surface area (Å²) < 4.78 is 19.6. The molecule has 0 N–H and O–H groups in total. The zero-order valence-electron chi connectivity index (χ0n) is 11.4. The highest BCUT2D eigenvalue weighted by molar-refractivity contribution is 7.59. The summed E-state index contributed by atoms with van der Waals surface area (Å²) in [5.74, 6) is 1.56. The second-order valence-corrected chi connectivity index (χ2v) is 6.25. The van der Waals surface area contributed by atoms with E-state index in [9.17, 15) is 4.57 Å². The molecule has 0 heterocycles. The van der Waals surface area contributed by atoms with Gasteiger partial charge in [-0.15, -0.1) is 0 Å². The third kappa shape index (κ3) is 4.59. The van der Waals surface area contributed by atoms with Crippen LogP contribution in [0.4, 0.5) is 0 Å². The predicted octanol–water partition coefficient (Wildman–Crippen LogP) is 4.60. The van der Waals surface area contributed by atoms with Gasteiger partial charge in [-0.05, 0) is 18.9 Å². The van der Waals surface area contributed by atoms with Gasteiger partial charge >= 0.3 is 0 Å². The minimum Gasteiger partial charge on any atom is -0.318 e. The first-order valence-corrected chi connectivity index (χ1v) is 7.96. The summed E-state index contributed by atoms with van der Waals surface area (Å²) in [5, 5.41) is 0.520. The molecule has 100 valence electrons. The maximum atomic E-state index is 12.6. The van der Waals surface area contributed by atoms with E-state index in [0.717, 1.165) is 12.0 Å². The first kappa shape index (κ1) is 16.9. The normalized spacial score (nSPS) is 17.4. The van der Waals surface area contributed by atoms with Crippen molar-refractivity contribution in [1.82, 2.24) is 4.67 Å². The molecule has 0 aliphatic rings. The van der Waals surface area contributed by atoms with Gasteiger partial charge < -0.3 is 4.52 Å². The second-order valence-electron chi connectivity index (χ2n) is 3.53. The van der Waals surface area contributed by atoms with Crippen molar-refractivity contribution in [3.8, 4) is 0 Å². The molecular formula is C12H23ClNO2P. The van der Waals surface area contributed by atoms with Gasteiger partial charge in [0.1, 0.15) is 0 Å². The van der Waals surface area contributed by atoms with Crippen LogP contribution in [-0.4, -0.2) is 24.9 Å². The minimum atomic E-state index is -2.95. The first-order valence-electron chi connectivity index (χ1n) is 5.93. The molecule has 0 radical (unpaired) electrons. The molecule has 0 bridgehead atoms. The molecule has 0 aromatic rings. The third-order valence-corrected chi connectivity index (χ3v) is 5.66. The fraction of sp³-hybridized carbons (Fsp3) is 0.667. The molecule has 0 aromatic carbocycles. The van der Waals surface area contributed by atoms with Crippen LogP contribution in [0.15, 0.2) is 22.5 Å². The Labute approximate surface area is 110 Å². The summed E-state index contributed by atoms with van der Waals surface area (Å²) in [5.41, 5.74) is 0.982. The highest BCUT2D eigenvalue weighted by atomic mass is 35.5. The van der Waals surface area contributed by atoms with Crippen LogP contribution < -0.4 is 0 Å². The van der Waals surface area contributed by atoms with E-state index in [1.807, 2.05) is 33.8 Å². The molecule has 0 amide bonds. The van der Waals surface area contributed by atoms with Crippen LogP contribution in [0.1, 0.15) is 34.1 Å². The molecule has 0 aliphatic carbocycles. The van der Waals surface area contributed by atoms with Gasteiger partial charge in [-0.2, -0.15) is 0 Å². The van der Waals surface area contributed by atoms with Gasteiger partial charge in [0.2, 0.25) is 0 Å². The van der Waals surface area contributed by atoms with Crippen molar-refractivity contribution in [3.05, 3.63) is 22.5 Å². The van der Waals surface area contributed by atoms with E-state index >= 15 is 0 Å². The maximum Gasteiger partial charge on any atom is 0.296 e. The zero-order valence-corrected chi connectivity index (χ0v) is 13.0. The lowest BCUT2D eigenvalue weighted by Gasteiger charge is -2.25. The van der Waals surface area contributed by atoms with Gasteiger partial charge in [0.25, 0.3) is 7.52 Å². The molecule has 0 spiro atoms. The van der Waals surface area contributed by atoms with E-state index in [-0.39, 0.29) is 0 Å². The Morgan fingerprint density at radius 2 is 1.88 bits per heavy atom. The quantitative estimate of drug-likeness (QED) is 0.504. The van der Waals surface area contributed by atoms with Gasteiger partial charge in [-0.3, -0.25) is 4.57 Å². The lowest BCUT2D eigenvalue weighted by Crippen LogP contribution is -2.19. The van der Waals surface area contributed by atoms with Crippen LogP contribution in [0.5, 0.6) is 0 Å². The van der Waals surface area contributed by atoms with Gasteiger partial charge in [0.05, 0.1) is 5.03 Å². The van der Waals surface area contributed by atoms with Crippen molar-refractivity contribution in [3.63, 3.8) is 0 Å². The zero-order chi connectivity index (χ0) is 13.5. The molecule has 0 saturated heterocycles. The van der Waals surface area contributed by atoms with Crippen molar-refractivity contribution >= 4 is 19.1 Å². The molecule has 0 aromatic heterocycles. The molecule has 0 fully saturated rings. The summed E-state index contributed by atoms with van der Waals surface area (Å²) >= 11 is 6.18. The van der Waals surface area contributed by atoms with Crippen LogP contribution in [0, 0.1) is 0 Å². The number of halogens is 1. The Bertz CT molecular complexity index is 335. The lowest BCUT2D eigenvalue weighted by atomic mass is 10.2. The summed E-state index contributed by atoms with van der Waals surface area (Å²) in [6.07, 6.45) is 2.74. The van der Waals surface area contributed by atoms with E-state index in [2.05, 4.69) is 0 Å². The molecule has 17 heavy (non-hydrogen) atoms. The Morgan fingerprint density at radius 3 is 2.18 bits per heavy atom. The molecule has 1 unspecified atom stereocenters. The summed E-state index contributed by atoms with van der Waals surface area (Å²) in [7, 11) is -1.49. The van der Waals surface area contributed by atoms with E-state index in [4.69, 9.17) is 16.1 Å². The van der Waals surface area contributed by atoms with Gasteiger partial charge in [0.15, 0.2) is 0 Å². The van der Waals surface area contributed by atoms with Crippen molar-refractivity contribution in [1.29, 1.82) is 0 Å². The fourth-order valence-electron chi connectivity index (χ4n) is 1.60. The topological polar surface area (TPSA) is 29.5 Å². The van der Waals surface area contributed by atoms with Crippen LogP contribution in [0.2, 0.25) is 0 Å². The molecule has 0 aliphatic heterocycles. The number of rotatable bonds is 7. The van der Waals surface area contributed by atoms with Crippen molar-refractivity contribution in [2.24, 2.45) is 0 Å². The molecule has 5 heteroatoms. The summed E-state index contributed by atoms with van der Waals surface area (Å²) in [4.78, 5) is 0. The largest absolute Gasteiger partial charge is 0.318 e. The van der Waals surface area contributed by atoms with Crippen LogP contribution in [0.25, 0.3) is 0 Å². The van der Waals surface area contributed by atoms with E-state index in [1.54, 1.807) is 10.5 Å². The van der Waals surface area contributed by atoms with Gasteiger partial charge in [0, 0.05) is 26.0 Å². The molecule has 0 saturated carbocycles. The lowest BCUT2D eigenvalue weighted by molar-refractivity contribution is 0.326. The van der Waals surface area contributed by atoms with Crippen LogP contribution in [0.3, 0.4) is 0 Å². The predicted molar refractivity (Wildman–Crippen MR) is 75.5 cm³/mol. The van der Waals surface area contributed by atoms with E-state index in [0.29, 0.717) is 18.1 Å². The SMILES string of the molecule is C/C=C(CC)\C(Cl)=C\P(=O)(OC)N(CC)CC. The highest BCUT2D eigenvalue weighted by Gasteiger charge is 2.26.